The molecule has 0 aliphatic heterocycles. The molecule has 0 radical (unpaired) electrons. The molecule has 0 aliphatic carbocycles. The highest BCUT2D eigenvalue weighted by Gasteiger charge is 2.06. The van der Waals surface area contributed by atoms with E-state index in [9.17, 15) is 0 Å². The molecule has 4 nitrogen and oxygen atoms in total. The van der Waals surface area contributed by atoms with E-state index in [-0.39, 0.29) is 6.04 Å². The maximum absolute atomic E-state index is 5.84. The van der Waals surface area contributed by atoms with E-state index in [0.29, 0.717) is 31.8 Å². The van der Waals surface area contributed by atoms with Gasteiger partial charge in [0.25, 0.3) is 0 Å². The Labute approximate surface area is 99.9 Å². The van der Waals surface area contributed by atoms with Gasteiger partial charge in [0, 0.05) is 18.6 Å². The Balaban J connectivity index is 3.10. The summed E-state index contributed by atoms with van der Waals surface area (Å²) in [5.41, 5.74) is 5.84. The molecule has 1 unspecified atom stereocenters. The fraction of sp³-hybridized carbons (Fsp3) is 1.00. The van der Waals surface area contributed by atoms with E-state index < -0.39 is 0 Å². The van der Waals surface area contributed by atoms with Crippen molar-refractivity contribution >= 4 is 0 Å². The summed E-state index contributed by atoms with van der Waals surface area (Å²) < 4.78 is 10.8. The molecule has 3 N–H and O–H groups in total. The van der Waals surface area contributed by atoms with E-state index in [1.54, 1.807) is 0 Å². The largest absolute Gasteiger partial charge is 0.378 e. The fourth-order valence-corrected chi connectivity index (χ4v) is 1.05. The topological polar surface area (TPSA) is 56.5 Å². The highest BCUT2D eigenvalue weighted by Crippen LogP contribution is 1.97. The van der Waals surface area contributed by atoms with Crippen LogP contribution in [0, 0.1) is 5.92 Å². The van der Waals surface area contributed by atoms with Crippen molar-refractivity contribution in [1.82, 2.24) is 5.32 Å². The minimum Gasteiger partial charge on any atom is -0.378 e. The lowest BCUT2D eigenvalue weighted by atomic mass is 10.1. The molecule has 0 rings (SSSR count). The minimum absolute atomic E-state index is 0.127. The number of hydrogen-bond donors (Lipinski definition) is 2. The van der Waals surface area contributed by atoms with Crippen molar-refractivity contribution in [3.8, 4) is 0 Å². The van der Waals surface area contributed by atoms with Crippen LogP contribution in [-0.2, 0) is 9.47 Å². The van der Waals surface area contributed by atoms with Crippen molar-refractivity contribution in [2.75, 3.05) is 33.0 Å². The molecular formula is C12H28N2O2. The lowest BCUT2D eigenvalue weighted by Gasteiger charge is -2.15. The Morgan fingerprint density at radius 3 is 2.19 bits per heavy atom. The molecule has 0 aliphatic rings. The molecule has 0 aromatic rings. The summed E-state index contributed by atoms with van der Waals surface area (Å²) in [6, 6.07) is 0.645. The van der Waals surface area contributed by atoms with E-state index in [2.05, 4.69) is 33.0 Å². The second-order valence-corrected chi connectivity index (χ2v) is 4.70. The molecule has 0 spiro atoms. The van der Waals surface area contributed by atoms with Gasteiger partial charge in [-0.3, -0.25) is 0 Å². The van der Waals surface area contributed by atoms with Crippen LogP contribution in [0.3, 0.4) is 0 Å². The van der Waals surface area contributed by atoms with Gasteiger partial charge < -0.3 is 20.5 Å². The SMILES string of the molecule is CC(C)NCCOCCOCC(N)C(C)C. The number of nitrogens with two attached hydrogens (primary N) is 1. The number of ether oxygens (including phenoxy) is 2. The van der Waals surface area contributed by atoms with Gasteiger partial charge >= 0.3 is 0 Å². The lowest BCUT2D eigenvalue weighted by molar-refractivity contribution is 0.0393. The van der Waals surface area contributed by atoms with Gasteiger partial charge in [0.05, 0.1) is 26.4 Å². The molecule has 0 amide bonds. The Hall–Kier alpha value is -0.160. The summed E-state index contributed by atoms with van der Waals surface area (Å²) in [7, 11) is 0. The molecule has 0 saturated carbocycles. The lowest BCUT2D eigenvalue weighted by Crippen LogP contribution is -2.32. The smallest absolute Gasteiger partial charge is 0.0701 e. The van der Waals surface area contributed by atoms with Gasteiger partial charge in [-0.1, -0.05) is 27.7 Å². The van der Waals surface area contributed by atoms with E-state index in [4.69, 9.17) is 15.2 Å². The van der Waals surface area contributed by atoms with Crippen molar-refractivity contribution in [2.45, 2.75) is 39.8 Å². The number of nitrogens with one attached hydrogen (secondary N) is 1. The molecular weight excluding hydrogens is 204 g/mol. The van der Waals surface area contributed by atoms with Gasteiger partial charge in [-0.2, -0.15) is 0 Å². The Bertz CT molecular complexity index is 152. The molecule has 16 heavy (non-hydrogen) atoms. The monoisotopic (exact) mass is 232 g/mol. The first kappa shape index (κ1) is 15.8. The van der Waals surface area contributed by atoms with Crippen molar-refractivity contribution in [3.63, 3.8) is 0 Å². The van der Waals surface area contributed by atoms with Gasteiger partial charge in [0.2, 0.25) is 0 Å². The Morgan fingerprint density at radius 1 is 1.00 bits per heavy atom. The van der Waals surface area contributed by atoms with Crippen LogP contribution in [-0.4, -0.2) is 45.1 Å². The second kappa shape index (κ2) is 10.0. The molecule has 0 fully saturated rings. The summed E-state index contributed by atoms with van der Waals surface area (Å²) >= 11 is 0. The van der Waals surface area contributed by atoms with E-state index in [1.807, 2.05) is 0 Å². The van der Waals surface area contributed by atoms with Crippen LogP contribution in [0.4, 0.5) is 0 Å². The van der Waals surface area contributed by atoms with E-state index in [0.717, 1.165) is 13.2 Å². The zero-order valence-electron chi connectivity index (χ0n) is 11.2. The molecule has 4 heteroatoms. The number of rotatable bonds is 10. The van der Waals surface area contributed by atoms with Crippen LogP contribution < -0.4 is 11.1 Å². The molecule has 0 heterocycles. The molecule has 1 atom stereocenters. The Kier molecular flexibility index (Phi) is 9.92. The predicted molar refractivity (Wildman–Crippen MR) is 67.6 cm³/mol. The average Bonchev–Trinajstić information content (AvgIpc) is 2.21. The average molecular weight is 232 g/mol. The molecule has 0 bridgehead atoms. The quantitative estimate of drug-likeness (QED) is 0.552. The van der Waals surface area contributed by atoms with Crippen LogP contribution >= 0.6 is 0 Å². The maximum Gasteiger partial charge on any atom is 0.0701 e. The van der Waals surface area contributed by atoms with Crippen LogP contribution in [0.1, 0.15) is 27.7 Å². The highest BCUT2D eigenvalue weighted by atomic mass is 16.5. The first-order valence-corrected chi connectivity index (χ1v) is 6.18. The summed E-state index contributed by atoms with van der Waals surface area (Å²) in [6.07, 6.45) is 0. The van der Waals surface area contributed by atoms with Crippen molar-refractivity contribution in [2.24, 2.45) is 11.7 Å². The van der Waals surface area contributed by atoms with Crippen LogP contribution in [0.2, 0.25) is 0 Å². The van der Waals surface area contributed by atoms with E-state index >= 15 is 0 Å². The summed E-state index contributed by atoms with van der Waals surface area (Å²) in [5, 5.41) is 3.28. The zero-order valence-corrected chi connectivity index (χ0v) is 11.2. The summed E-state index contributed by atoms with van der Waals surface area (Å²) in [6.45, 7) is 12.0. The van der Waals surface area contributed by atoms with Gasteiger partial charge in [-0.25, -0.2) is 0 Å². The van der Waals surface area contributed by atoms with Gasteiger partial charge in [0.15, 0.2) is 0 Å². The minimum atomic E-state index is 0.127. The molecule has 0 aromatic carbocycles. The Morgan fingerprint density at radius 2 is 1.62 bits per heavy atom. The molecule has 0 saturated heterocycles. The van der Waals surface area contributed by atoms with E-state index in [1.165, 1.54) is 0 Å². The second-order valence-electron chi connectivity index (χ2n) is 4.70. The zero-order chi connectivity index (χ0) is 12.4. The third-order valence-electron chi connectivity index (χ3n) is 2.34. The number of hydrogen-bond acceptors (Lipinski definition) is 4. The third-order valence-corrected chi connectivity index (χ3v) is 2.34. The first-order valence-electron chi connectivity index (χ1n) is 6.18. The first-order chi connectivity index (χ1) is 7.54. The highest BCUT2D eigenvalue weighted by molar-refractivity contribution is 4.63. The fourth-order valence-electron chi connectivity index (χ4n) is 1.05. The van der Waals surface area contributed by atoms with Crippen molar-refractivity contribution < 1.29 is 9.47 Å². The van der Waals surface area contributed by atoms with Crippen LogP contribution in [0.5, 0.6) is 0 Å². The van der Waals surface area contributed by atoms with Gasteiger partial charge in [-0.05, 0) is 5.92 Å². The van der Waals surface area contributed by atoms with Crippen LogP contribution in [0.25, 0.3) is 0 Å². The summed E-state index contributed by atoms with van der Waals surface area (Å²) in [4.78, 5) is 0. The van der Waals surface area contributed by atoms with Crippen molar-refractivity contribution in [1.29, 1.82) is 0 Å². The standard InChI is InChI=1S/C12H28N2O2/c1-10(2)12(13)9-16-8-7-15-6-5-14-11(3)4/h10-12,14H,5-9,13H2,1-4H3. The predicted octanol–water partition coefficient (Wildman–Crippen LogP) is 1.00. The van der Waals surface area contributed by atoms with Gasteiger partial charge in [-0.15, -0.1) is 0 Å². The van der Waals surface area contributed by atoms with Crippen LogP contribution in [0.15, 0.2) is 0 Å². The molecule has 98 valence electrons. The van der Waals surface area contributed by atoms with Gasteiger partial charge in [0.1, 0.15) is 0 Å². The third kappa shape index (κ3) is 10.4. The normalized spacial score (nSPS) is 13.7. The van der Waals surface area contributed by atoms with Crippen molar-refractivity contribution in [3.05, 3.63) is 0 Å². The molecule has 0 aromatic heterocycles. The maximum atomic E-state index is 5.84. The summed E-state index contributed by atoms with van der Waals surface area (Å²) in [5.74, 6) is 0.469.